The molecule has 182 valence electrons. The van der Waals surface area contributed by atoms with E-state index >= 15 is 0 Å². The minimum Gasteiger partial charge on any atom is -0.493 e. The Kier molecular flexibility index (Phi) is 9.32. The molecule has 35 heavy (non-hydrogen) atoms. The number of carbonyl (C=O) groups is 2. The molecule has 6 nitrogen and oxygen atoms in total. The predicted octanol–water partition coefficient (Wildman–Crippen LogP) is 6.39. The molecule has 3 aromatic carbocycles. The molecule has 0 saturated heterocycles. The Hall–Kier alpha value is -3.77. The summed E-state index contributed by atoms with van der Waals surface area (Å²) < 4.78 is 16.5. The first-order valence-corrected chi connectivity index (χ1v) is 11.5. The van der Waals surface area contributed by atoms with Crippen molar-refractivity contribution < 1.29 is 23.8 Å². The molecule has 0 aromatic heterocycles. The van der Waals surface area contributed by atoms with Crippen molar-refractivity contribution in [2.24, 2.45) is 5.92 Å². The summed E-state index contributed by atoms with van der Waals surface area (Å²) in [5, 5.41) is 3.44. The van der Waals surface area contributed by atoms with Gasteiger partial charge in [-0.3, -0.25) is 4.79 Å². The van der Waals surface area contributed by atoms with Gasteiger partial charge in [0, 0.05) is 16.8 Å². The first-order valence-electron chi connectivity index (χ1n) is 11.2. The van der Waals surface area contributed by atoms with Gasteiger partial charge in [-0.1, -0.05) is 43.6 Å². The fraction of sp³-hybridized carbons (Fsp3) is 0.214. The first kappa shape index (κ1) is 25.8. The van der Waals surface area contributed by atoms with Crippen LogP contribution in [0.15, 0.2) is 72.8 Å². The van der Waals surface area contributed by atoms with Crippen molar-refractivity contribution in [3.05, 3.63) is 94.5 Å². The number of benzene rings is 3. The van der Waals surface area contributed by atoms with E-state index in [0.29, 0.717) is 41.0 Å². The lowest BCUT2D eigenvalue weighted by Gasteiger charge is -2.11. The van der Waals surface area contributed by atoms with Crippen LogP contribution in [-0.4, -0.2) is 25.6 Å². The molecule has 0 heterocycles. The monoisotopic (exact) mass is 493 g/mol. The first-order chi connectivity index (χ1) is 16.8. The fourth-order valence-electron chi connectivity index (χ4n) is 3.02. The average Bonchev–Trinajstić information content (AvgIpc) is 2.86. The summed E-state index contributed by atoms with van der Waals surface area (Å²) in [5.74, 6) is 0.730. The van der Waals surface area contributed by atoms with Gasteiger partial charge in [0.05, 0.1) is 19.3 Å². The van der Waals surface area contributed by atoms with Crippen molar-refractivity contribution in [1.29, 1.82) is 0 Å². The average molecular weight is 494 g/mol. The van der Waals surface area contributed by atoms with Crippen molar-refractivity contribution in [1.82, 2.24) is 0 Å². The van der Waals surface area contributed by atoms with E-state index in [1.54, 1.807) is 49.6 Å². The lowest BCUT2D eigenvalue weighted by atomic mass is 10.1. The number of methoxy groups -OCH3 is 1. The molecule has 3 aromatic rings. The van der Waals surface area contributed by atoms with Gasteiger partial charge in [-0.25, -0.2) is 4.79 Å². The Morgan fingerprint density at radius 3 is 2.34 bits per heavy atom. The zero-order valence-corrected chi connectivity index (χ0v) is 20.7. The molecule has 0 spiro atoms. The van der Waals surface area contributed by atoms with Crippen molar-refractivity contribution in [3.63, 3.8) is 0 Å². The zero-order valence-electron chi connectivity index (χ0n) is 19.9. The topological polar surface area (TPSA) is 73.9 Å². The van der Waals surface area contributed by atoms with Crippen LogP contribution in [0.2, 0.25) is 5.02 Å². The van der Waals surface area contributed by atoms with Crippen LogP contribution >= 0.6 is 11.6 Å². The molecule has 1 amide bonds. The van der Waals surface area contributed by atoms with Crippen LogP contribution in [0, 0.1) is 5.92 Å². The van der Waals surface area contributed by atoms with E-state index < -0.39 is 0 Å². The SMILES string of the molecule is COc1cc(/C=C/C(=O)Nc2ccc(C(=O)OCC(C)C)cc2)ccc1OCc1ccc(Cl)cc1. The summed E-state index contributed by atoms with van der Waals surface area (Å²) in [5.41, 5.74) is 2.77. The summed E-state index contributed by atoms with van der Waals surface area (Å²) in [6.45, 7) is 4.68. The van der Waals surface area contributed by atoms with Crippen LogP contribution in [0.3, 0.4) is 0 Å². The number of hydrogen-bond acceptors (Lipinski definition) is 5. The van der Waals surface area contributed by atoms with E-state index in [1.807, 2.05) is 44.2 Å². The number of rotatable bonds is 10. The third-order valence-electron chi connectivity index (χ3n) is 4.86. The molecule has 7 heteroatoms. The maximum atomic E-state index is 12.3. The highest BCUT2D eigenvalue weighted by Crippen LogP contribution is 2.29. The number of halogens is 1. The van der Waals surface area contributed by atoms with Crippen molar-refractivity contribution >= 4 is 35.2 Å². The van der Waals surface area contributed by atoms with Crippen LogP contribution in [0.25, 0.3) is 6.08 Å². The van der Waals surface area contributed by atoms with Crippen LogP contribution in [0.1, 0.15) is 35.3 Å². The lowest BCUT2D eigenvalue weighted by molar-refractivity contribution is -0.111. The van der Waals surface area contributed by atoms with Gasteiger partial charge in [-0.2, -0.15) is 0 Å². The van der Waals surface area contributed by atoms with Gasteiger partial charge < -0.3 is 19.5 Å². The van der Waals surface area contributed by atoms with E-state index in [1.165, 1.54) is 6.08 Å². The second-order valence-electron chi connectivity index (χ2n) is 8.22. The number of nitrogens with one attached hydrogen (secondary N) is 1. The zero-order chi connectivity index (χ0) is 25.2. The van der Waals surface area contributed by atoms with Gasteiger partial charge in [0.1, 0.15) is 6.61 Å². The van der Waals surface area contributed by atoms with E-state index in [0.717, 1.165) is 11.1 Å². The maximum Gasteiger partial charge on any atom is 0.338 e. The normalized spacial score (nSPS) is 10.9. The molecule has 3 rings (SSSR count). The Bertz CT molecular complexity index is 1170. The molecular formula is C28H28ClNO5. The van der Waals surface area contributed by atoms with Crippen LogP contribution in [-0.2, 0) is 16.1 Å². The highest BCUT2D eigenvalue weighted by Gasteiger charge is 2.09. The highest BCUT2D eigenvalue weighted by molar-refractivity contribution is 6.30. The Morgan fingerprint density at radius 2 is 1.69 bits per heavy atom. The van der Waals surface area contributed by atoms with Gasteiger partial charge in [0.15, 0.2) is 11.5 Å². The Balaban J connectivity index is 1.56. The molecule has 0 unspecified atom stereocenters. The quantitative estimate of drug-likeness (QED) is 0.261. The second-order valence-corrected chi connectivity index (χ2v) is 8.65. The number of amides is 1. The van der Waals surface area contributed by atoms with Gasteiger partial charge in [0.2, 0.25) is 5.91 Å². The summed E-state index contributed by atoms with van der Waals surface area (Å²) in [7, 11) is 1.56. The molecule has 0 bridgehead atoms. The summed E-state index contributed by atoms with van der Waals surface area (Å²) >= 11 is 5.92. The largest absolute Gasteiger partial charge is 0.493 e. The maximum absolute atomic E-state index is 12.3. The second kappa shape index (κ2) is 12.6. The number of esters is 1. The molecule has 0 radical (unpaired) electrons. The number of anilines is 1. The predicted molar refractivity (Wildman–Crippen MR) is 138 cm³/mol. The lowest BCUT2D eigenvalue weighted by Crippen LogP contribution is -2.11. The Labute approximate surface area is 210 Å². The van der Waals surface area contributed by atoms with Crippen molar-refractivity contribution in [2.75, 3.05) is 19.0 Å². The fourth-order valence-corrected chi connectivity index (χ4v) is 3.15. The molecule has 0 fully saturated rings. The third kappa shape index (κ3) is 8.19. The van der Waals surface area contributed by atoms with Crippen LogP contribution in [0.5, 0.6) is 11.5 Å². The molecule has 1 N–H and O–H groups in total. The van der Waals surface area contributed by atoms with Crippen LogP contribution < -0.4 is 14.8 Å². The summed E-state index contributed by atoms with van der Waals surface area (Å²) in [6.07, 6.45) is 3.10. The molecule has 0 aliphatic rings. The van der Waals surface area contributed by atoms with Gasteiger partial charge in [-0.15, -0.1) is 0 Å². The molecular weight excluding hydrogens is 466 g/mol. The number of hydrogen-bond donors (Lipinski definition) is 1. The molecule has 0 atom stereocenters. The molecule has 0 aliphatic carbocycles. The smallest absolute Gasteiger partial charge is 0.338 e. The summed E-state index contributed by atoms with van der Waals surface area (Å²) in [6, 6.07) is 19.4. The van der Waals surface area contributed by atoms with E-state index in [-0.39, 0.29) is 17.8 Å². The molecule has 0 saturated carbocycles. The van der Waals surface area contributed by atoms with Gasteiger partial charge in [0.25, 0.3) is 0 Å². The highest BCUT2D eigenvalue weighted by atomic mass is 35.5. The molecule has 0 aliphatic heterocycles. The van der Waals surface area contributed by atoms with Crippen molar-refractivity contribution in [2.45, 2.75) is 20.5 Å². The van der Waals surface area contributed by atoms with E-state index in [2.05, 4.69) is 5.32 Å². The minimum absolute atomic E-state index is 0.266. The van der Waals surface area contributed by atoms with Crippen LogP contribution in [0.4, 0.5) is 5.69 Å². The van der Waals surface area contributed by atoms with E-state index in [4.69, 9.17) is 25.8 Å². The minimum atomic E-state index is -0.383. The number of ether oxygens (including phenoxy) is 3. The van der Waals surface area contributed by atoms with E-state index in [9.17, 15) is 9.59 Å². The van der Waals surface area contributed by atoms with Gasteiger partial charge in [-0.05, 0) is 71.7 Å². The van der Waals surface area contributed by atoms with Gasteiger partial charge >= 0.3 is 5.97 Å². The third-order valence-corrected chi connectivity index (χ3v) is 5.11. The summed E-state index contributed by atoms with van der Waals surface area (Å²) in [4.78, 5) is 24.3. The van der Waals surface area contributed by atoms with Crippen molar-refractivity contribution in [3.8, 4) is 11.5 Å². The standard InChI is InChI=1S/C28H28ClNO5/c1-19(2)17-35-28(32)22-8-12-24(13-9-22)30-27(31)15-7-20-6-14-25(26(16-20)33-3)34-18-21-4-10-23(29)11-5-21/h4-16,19H,17-18H2,1-3H3,(H,30,31)/b15-7+. The Morgan fingerprint density at radius 1 is 0.971 bits per heavy atom. The number of carbonyl (C=O) groups excluding carboxylic acids is 2.